The van der Waals surface area contributed by atoms with Crippen LogP contribution in [-0.2, 0) is 13.6 Å². The predicted molar refractivity (Wildman–Crippen MR) is 35.1 cm³/mol. The summed E-state index contributed by atoms with van der Waals surface area (Å²) in [5.74, 6) is 0.345. The first-order valence-corrected chi connectivity index (χ1v) is 5.13. The lowest BCUT2D eigenvalue weighted by Crippen LogP contribution is -2.09. The van der Waals surface area contributed by atoms with Gasteiger partial charge in [-0.25, -0.2) is 0 Å². The number of hydrogen-bond donors (Lipinski definition) is 0. The highest BCUT2D eigenvalue weighted by molar-refractivity contribution is 7.53. The molecule has 1 fully saturated rings. The van der Waals surface area contributed by atoms with E-state index in [1.807, 2.05) is 0 Å². The van der Waals surface area contributed by atoms with Gasteiger partial charge in [-0.1, -0.05) is 0 Å². The van der Waals surface area contributed by atoms with E-state index in [1.165, 1.54) is 6.66 Å². The molecule has 0 aromatic heterocycles. The van der Waals surface area contributed by atoms with E-state index in [1.54, 1.807) is 0 Å². The molecule has 5 heteroatoms. The molecule has 9 heavy (non-hydrogen) atoms. The van der Waals surface area contributed by atoms with E-state index in [0.717, 1.165) is 0 Å². The standard InChI is InChI=1S/C4H8ClO3P/c1-9(6)7-3-4(2-5)8-9/h4H,2-3H2,1H3. The summed E-state index contributed by atoms with van der Waals surface area (Å²) in [5, 5.41) is 0. The number of rotatable bonds is 1. The minimum atomic E-state index is -2.70. The van der Waals surface area contributed by atoms with Gasteiger partial charge in [0.1, 0.15) is 6.10 Å². The topological polar surface area (TPSA) is 35.5 Å². The molecule has 0 radical (unpaired) electrons. The molecule has 0 N–H and O–H groups in total. The Morgan fingerprint density at radius 1 is 1.89 bits per heavy atom. The molecular weight excluding hydrogens is 162 g/mol. The fourth-order valence-electron chi connectivity index (χ4n) is 0.623. The summed E-state index contributed by atoms with van der Waals surface area (Å²) < 4.78 is 20.6. The number of alkyl halides is 1. The van der Waals surface area contributed by atoms with Gasteiger partial charge in [-0.2, -0.15) is 0 Å². The zero-order valence-electron chi connectivity index (χ0n) is 5.04. The predicted octanol–water partition coefficient (Wildman–Crippen LogP) is 1.46. The number of hydrogen-bond acceptors (Lipinski definition) is 3. The summed E-state index contributed by atoms with van der Waals surface area (Å²) in [6, 6.07) is 0. The third-order valence-electron chi connectivity index (χ3n) is 1.01. The summed E-state index contributed by atoms with van der Waals surface area (Å²) in [6.07, 6.45) is -0.178. The summed E-state index contributed by atoms with van der Waals surface area (Å²) in [5.41, 5.74) is 0. The summed E-state index contributed by atoms with van der Waals surface area (Å²) >= 11 is 5.41. The number of halogens is 1. The van der Waals surface area contributed by atoms with E-state index < -0.39 is 7.60 Å². The average molecular weight is 171 g/mol. The zero-order chi connectivity index (χ0) is 6.91. The maximum atomic E-state index is 10.9. The van der Waals surface area contributed by atoms with E-state index >= 15 is 0 Å². The average Bonchev–Trinajstić information content (AvgIpc) is 2.10. The van der Waals surface area contributed by atoms with E-state index in [4.69, 9.17) is 20.6 Å². The van der Waals surface area contributed by atoms with Crippen molar-refractivity contribution < 1.29 is 13.6 Å². The molecule has 0 amide bonds. The van der Waals surface area contributed by atoms with Gasteiger partial charge in [-0.3, -0.25) is 4.57 Å². The summed E-state index contributed by atoms with van der Waals surface area (Å²) in [6.45, 7) is 1.80. The van der Waals surface area contributed by atoms with Gasteiger partial charge in [-0.15, -0.1) is 11.6 Å². The minimum absolute atomic E-state index is 0.178. The molecule has 2 atom stereocenters. The second-order valence-corrected chi connectivity index (χ2v) is 4.27. The normalized spacial score (nSPS) is 43.6. The third kappa shape index (κ3) is 1.94. The van der Waals surface area contributed by atoms with Gasteiger partial charge in [0.25, 0.3) is 0 Å². The lowest BCUT2D eigenvalue weighted by molar-refractivity contribution is 0.261. The molecule has 0 bridgehead atoms. The van der Waals surface area contributed by atoms with Crippen LogP contribution in [0.4, 0.5) is 0 Å². The van der Waals surface area contributed by atoms with Crippen LogP contribution >= 0.6 is 19.2 Å². The first kappa shape index (κ1) is 7.55. The molecule has 1 aliphatic heterocycles. The van der Waals surface area contributed by atoms with Gasteiger partial charge in [0.05, 0.1) is 12.5 Å². The van der Waals surface area contributed by atoms with Crippen molar-refractivity contribution in [3.63, 3.8) is 0 Å². The zero-order valence-corrected chi connectivity index (χ0v) is 6.69. The van der Waals surface area contributed by atoms with Crippen molar-refractivity contribution in [1.82, 2.24) is 0 Å². The monoisotopic (exact) mass is 170 g/mol. The second kappa shape index (κ2) is 2.59. The summed E-state index contributed by atoms with van der Waals surface area (Å²) in [7, 11) is -2.70. The molecule has 0 spiro atoms. The van der Waals surface area contributed by atoms with Gasteiger partial charge in [0.15, 0.2) is 0 Å². The quantitative estimate of drug-likeness (QED) is 0.442. The van der Waals surface area contributed by atoms with E-state index in [9.17, 15) is 4.57 Å². The fourth-order valence-corrected chi connectivity index (χ4v) is 2.04. The molecule has 1 saturated heterocycles. The van der Waals surface area contributed by atoms with Crippen LogP contribution in [0.2, 0.25) is 0 Å². The van der Waals surface area contributed by atoms with Crippen molar-refractivity contribution in [3.8, 4) is 0 Å². The van der Waals surface area contributed by atoms with Crippen LogP contribution in [0.25, 0.3) is 0 Å². The van der Waals surface area contributed by atoms with Crippen LogP contribution in [-0.4, -0.2) is 25.3 Å². The minimum Gasteiger partial charge on any atom is -0.306 e. The Kier molecular flexibility index (Phi) is 2.17. The van der Waals surface area contributed by atoms with Crippen molar-refractivity contribution in [2.75, 3.05) is 19.2 Å². The Hall–Kier alpha value is 0.440. The van der Waals surface area contributed by atoms with Crippen molar-refractivity contribution in [2.24, 2.45) is 0 Å². The molecule has 3 nitrogen and oxygen atoms in total. The van der Waals surface area contributed by atoms with Crippen molar-refractivity contribution in [3.05, 3.63) is 0 Å². The molecule has 1 aliphatic rings. The highest BCUT2D eigenvalue weighted by Crippen LogP contribution is 2.50. The molecule has 2 unspecified atom stereocenters. The highest BCUT2D eigenvalue weighted by atomic mass is 35.5. The SMILES string of the molecule is CP1(=O)OCC(CCl)O1. The van der Waals surface area contributed by atoms with Crippen molar-refractivity contribution in [1.29, 1.82) is 0 Å². The highest BCUT2D eigenvalue weighted by Gasteiger charge is 2.31. The smallest absolute Gasteiger partial charge is 0.306 e. The molecule has 0 aliphatic carbocycles. The Labute approximate surface area is 58.8 Å². The molecule has 0 aromatic carbocycles. The molecule has 0 aromatic rings. The van der Waals surface area contributed by atoms with Crippen LogP contribution in [0.3, 0.4) is 0 Å². The van der Waals surface area contributed by atoms with E-state index in [0.29, 0.717) is 12.5 Å². The van der Waals surface area contributed by atoms with E-state index in [2.05, 4.69) is 0 Å². The third-order valence-corrected chi connectivity index (χ3v) is 2.65. The maximum absolute atomic E-state index is 10.9. The molecule has 1 heterocycles. The summed E-state index contributed by atoms with van der Waals surface area (Å²) in [4.78, 5) is 0. The largest absolute Gasteiger partial charge is 0.328 e. The van der Waals surface area contributed by atoms with Gasteiger partial charge in [0.2, 0.25) is 0 Å². The fraction of sp³-hybridized carbons (Fsp3) is 1.00. The Bertz CT molecular complexity index is 149. The van der Waals surface area contributed by atoms with E-state index in [-0.39, 0.29) is 6.10 Å². The lowest BCUT2D eigenvalue weighted by Gasteiger charge is -2.01. The molecule has 1 rings (SSSR count). The van der Waals surface area contributed by atoms with Crippen molar-refractivity contribution in [2.45, 2.75) is 6.10 Å². The Morgan fingerprint density at radius 3 is 2.78 bits per heavy atom. The Balaban J connectivity index is 2.47. The first-order valence-electron chi connectivity index (χ1n) is 2.60. The molecular formula is C4H8ClO3P. The van der Waals surface area contributed by atoms with Crippen molar-refractivity contribution >= 4 is 19.2 Å². The maximum Gasteiger partial charge on any atom is 0.328 e. The van der Waals surface area contributed by atoms with Gasteiger partial charge < -0.3 is 9.05 Å². The first-order chi connectivity index (χ1) is 4.14. The van der Waals surface area contributed by atoms with Crippen LogP contribution in [0.1, 0.15) is 0 Å². The molecule has 0 saturated carbocycles. The van der Waals surface area contributed by atoms with Gasteiger partial charge in [0, 0.05) is 6.66 Å². The van der Waals surface area contributed by atoms with Gasteiger partial charge in [-0.05, 0) is 0 Å². The Morgan fingerprint density at radius 2 is 2.56 bits per heavy atom. The van der Waals surface area contributed by atoms with Gasteiger partial charge >= 0.3 is 7.60 Å². The second-order valence-electron chi connectivity index (χ2n) is 1.95. The molecule has 54 valence electrons. The van der Waals surface area contributed by atoms with Crippen LogP contribution in [0, 0.1) is 0 Å². The van der Waals surface area contributed by atoms with Crippen LogP contribution in [0.15, 0.2) is 0 Å². The van der Waals surface area contributed by atoms with Crippen LogP contribution in [0.5, 0.6) is 0 Å². The van der Waals surface area contributed by atoms with Crippen LogP contribution < -0.4 is 0 Å². The lowest BCUT2D eigenvalue weighted by atomic mass is 10.5.